The van der Waals surface area contributed by atoms with Crippen molar-refractivity contribution in [1.82, 2.24) is 30.3 Å². The number of hydrogen-bond donors (Lipinski definition) is 3. The van der Waals surface area contributed by atoms with E-state index in [-0.39, 0.29) is 11.7 Å². The van der Waals surface area contributed by atoms with Crippen LogP contribution < -0.4 is 10.6 Å². The number of carbonyl (C=O) groups is 1. The zero-order valence-corrected chi connectivity index (χ0v) is 8.92. The van der Waals surface area contributed by atoms with Crippen LogP contribution in [0.3, 0.4) is 0 Å². The van der Waals surface area contributed by atoms with Crippen LogP contribution in [-0.2, 0) is 0 Å². The van der Waals surface area contributed by atoms with Crippen LogP contribution in [0.4, 0.5) is 5.82 Å². The van der Waals surface area contributed by atoms with Gasteiger partial charge in [0, 0.05) is 19.2 Å². The molecule has 0 saturated carbocycles. The molecule has 0 unspecified atom stereocenters. The van der Waals surface area contributed by atoms with Crippen molar-refractivity contribution in [3.05, 3.63) is 24.4 Å². The fraction of sp³-hybridized carbons (Fsp3) is 0.333. The number of carbonyl (C=O) groups excluding carboxylic acids is 1. The molecule has 1 fully saturated rings. The minimum atomic E-state index is -0.323. The standard InChI is InChI=1S/C9H11N7O/c17-9(8-11-5-12-15-8)14-7-1-2-13-16(7)6-3-10-4-6/h1-2,5-6,10H,3-4H2,(H,14,17)(H,11,12,15). The highest BCUT2D eigenvalue weighted by Gasteiger charge is 2.22. The summed E-state index contributed by atoms with van der Waals surface area (Å²) in [6.45, 7) is 1.74. The molecule has 0 aromatic carbocycles. The van der Waals surface area contributed by atoms with Crippen LogP contribution in [-0.4, -0.2) is 44.0 Å². The van der Waals surface area contributed by atoms with Crippen LogP contribution in [0, 0.1) is 0 Å². The highest BCUT2D eigenvalue weighted by molar-refractivity contribution is 6.00. The van der Waals surface area contributed by atoms with Crippen LogP contribution in [0.2, 0.25) is 0 Å². The van der Waals surface area contributed by atoms with E-state index in [0.717, 1.165) is 13.1 Å². The first-order valence-electron chi connectivity index (χ1n) is 5.25. The first kappa shape index (κ1) is 9.97. The largest absolute Gasteiger partial charge is 0.312 e. The number of anilines is 1. The van der Waals surface area contributed by atoms with Crippen molar-refractivity contribution in [1.29, 1.82) is 0 Å². The van der Waals surface area contributed by atoms with Crippen LogP contribution in [0.5, 0.6) is 0 Å². The topological polar surface area (TPSA) is 101 Å². The van der Waals surface area contributed by atoms with E-state index in [1.807, 2.05) is 0 Å². The van der Waals surface area contributed by atoms with Crippen molar-refractivity contribution in [3.63, 3.8) is 0 Å². The lowest BCUT2D eigenvalue weighted by Gasteiger charge is -2.28. The molecular weight excluding hydrogens is 222 g/mol. The summed E-state index contributed by atoms with van der Waals surface area (Å²) < 4.78 is 1.80. The van der Waals surface area contributed by atoms with Gasteiger partial charge in [-0.15, -0.1) is 0 Å². The molecule has 1 aliphatic heterocycles. The Morgan fingerprint density at radius 3 is 3.06 bits per heavy atom. The van der Waals surface area contributed by atoms with Crippen molar-refractivity contribution < 1.29 is 4.79 Å². The quantitative estimate of drug-likeness (QED) is 0.657. The third-order valence-corrected chi connectivity index (χ3v) is 2.65. The molecule has 2 aromatic heterocycles. The van der Waals surface area contributed by atoms with Crippen LogP contribution in [0.25, 0.3) is 0 Å². The van der Waals surface area contributed by atoms with Gasteiger partial charge in [-0.1, -0.05) is 0 Å². The molecule has 0 spiro atoms. The first-order valence-corrected chi connectivity index (χ1v) is 5.25. The predicted octanol–water partition coefficient (Wildman–Crippen LogP) is -0.602. The maximum atomic E-state index is 11.8. The molecule has 0 aliphatic carbocycles. The lowest BCUT2D eigenvalue weighted by atomic mass is 10.2. The molecule has 17 heavy (non-hydrogen) atoms. The van der Waals surface area contributed by atoms with Gasteiger partial charge in [-0.25, -0.2) is 9.67 Å². The average Bonchev–Trinajstić information content (AvgIpc) is 2.86. The fourth-order valence-corrected chi connectivity index (χ4v) is 1.64. The molecule has 0 bridgehead atoms. The van der Waals surface area contributed by atoms with Gasteiger partial charge in [-0.05, 0) is 0 Å². The van der Waals surface area contributed by atoms with Gasteiger partial charge >= 0.3 is 0 Å². The molecular formula is C9H11N7O. The summed E-state index contributed by atoms with van der Waals surface area (Å²) in [6, 6.07) is 2.06. The van der Waals surface area contributed by atoms with Crippen LogP contribution >= 0.6 is 0 Å². The van der Waals surface area contributed by atoms with Crippen molar-refractivity contribution in [2.24, 2.45) is 0 Å². The summed E-state index contributed by atoms with van der Waals surface area (Å²) in [7, 11) is 0. The lowest BCUT2D eigenvalue weighted by Crippen LogP contribution is -2.44. The highest BCUT2D eigenvalue weighted by Crippen LogP contribution is 2.17. The van der Waals surface area contributed by atoms with Crippen LogP contribution in [0.15, 0.2) is 18.6 Å². The lowest BCUT2D eigenvalue weighted by molar-refractivity contribution is 0.101. The van der Waals surface area contributed by atoms with Crippen molar-refractivity contribution in [2.45, 2.75) is 6.04 Å². The van der Waals surface area contributed by atoms with Crippen molar-refractivity contribution in [2.75, 3.05) is 18.4 Å². The number of nitrogens with one attached hydrogen (secondary N) is 3. The van der Waals surface area contributed by atoms with E-state index in [2.05, 4.69) is 30.9 Å². The summed E-state index contributed by atoms with van der Waals surface area (Å²) in [5.74, 6) is 0.527. The van der Waals surface area contributed by atoms with E-state index in [0.29, 0.717) is 11.9 Å². The number of amides is 1. The third kappa shape index (κ3) is 1.78. The smallest absolute Gasteiger partial charge is 0.294 e. The van der Waals surface area contributed by atoms with Gasteiger partial charge in [0.2, 0.25) is 5.82 Å². The Bertz CT molecular complexity index is 513. The van der Waals surface area contributed by atoms with E-state index in [9.17, 15) is 4.79 Å². The van der Waals surface area contributed by atoms with Gasteiger partial charge in [0.15, 0.2) is 0 Å². The van der Waals surface area contributed by atoms with Gasteiger partial charge in [0.25, 0.3) is 5.91 Å². The normalized spacial score (nSPS) is 15.5. The molecule has 88 valence electrons. The Hall–Kier alpha value is -2.22. The second kappa shape index (κ2) is 3.98. The Kier molecular flexibility index (Phi) is 2.33. The molecule has 8 heteroatoms. The Labute approximate surface area is 96.4 Å². The monoisotopic (exact) mass is 233 g/mol. The van der Waals surface area contributed by atoms with Crippen molar-refractivity contribution in [3.8, 4) is 0 Å². The molecule has 3 rings (SSSR count). The summed E-state index contributed by atoms with van der Waals surface area (Å²) in [5.41, 5.74) is 0. The van der Waals surface area contributed by atoms with Gasteiger partial charge in [0.1, 0.15) is 12.1 Å². The molecule has 2 aromatic rings. The highest BCUT2D eigenvalue weighted by atomic mass is 16.2. The number of hydrogen-bond acceptors (Lipinski definition) is 5. The van der Waals surface area contributed by atoms with Gasteiger partial charge < -0.3 is 10.6 Å². The van der Waals surface area contributed by atoms with Gasteiger partial charge in [0.05, 0.1) is 12.2 Å². The number of aromatic nitrogens is 5. The van der Waals surface area contributed by atoms with E-state index >= 15 is 0 Å². The minimum absolute atomic E-state index is 0.185. The minimum Gasteiger partial charge on any atom is -0.312 e. The Morgan fingerprint density at radius 1 is 1.53 bits per heavy atom. The molecule has 3 N–H and O–H groups in total. The number of aromatic amines is 1. The maximum absolute atomic E-state index is 11.8. The zero-order chi connectivity index (χ0) is 11.7. The van der Waals surface area contributed by atoms with Gasteiger partial charge in [-0.3, -0.25) is 9.89 Å². The molecule has 0 radical (unpaired) electrons. The Balaban J connectivity index is 1.76. The van der Waals surface area contributed by atoms with E-state index in [4.69, 9.17) is 0 Å². The number of nitrogens with zero attached hydrogens (tertiary/aromatic N) is 4. The number of rotatable bonds is 3. The molecule has 0 atom stereocenters. The molecule has 8 nitrogen and oxygen atoms in total. The fourth-order valence-electron chi connectivity index (χ4n) is 1.64. The second-order valence-electron chi connectivity index (χ2n) is 3.76. The zero-order valence-electron chi connectivity index (χ0n) is 8.92. The van der Waals surface area contributed by atoms with E-state index < -0.39 is 0 Å². The summed E-state index contributed by atoms with van der Waals surface area (Å²) in [5, 5.41) is 16.2. The van der Waals surface area contributed by atoms with E-state index in [1.165, 1.54) is 6.33 Å². The first-order chi connectivity index (χ1) is 8.34. The summed E-state index contributed by atoms with van der Waals surface area (Å²) in [6.07, 6.45) is 2.95. The predicted molar refractivity (Wildman–Crippen MR) is 58.5 cm³/mol. The third-order valence-electron chi connectivity index (χ3n) is 2.65. The maximum Gasteiger partial charge on any atom is 0.294 e. The van der Waals surface area contributed by atoms with Crippen molar-refractivity contribution >= 4 is 11.7 Å². The molecule has 1 aliphatic rings. The average molecular weight is 233 g/mol. The van der Waals surface area contributed by atoms with Crippen LogP contribution in [0.1, 0.15) is 16.7 Å². The molecule has 3 heterocycles. The van der Waals surface area contributed by atoms with Gasteiger partial charge in [-0.2, -0.15) is 10.2 Å². The summed E-state index contributed by atoms with van der Waals surface area (Å²) in [4.78, 5) is 15.5. The SMILES string of the molecule is O=C(Nc1ccnn1C1CNC1)c1ncn[nH]1. The second-order valence-corrected chi connectivity index (χ2v) is 3.76. The molecule has 1 saturated heterocycles. The number of H-pyrrole nitrogens is 1. The van der Waals surface area contributed by atoms with E-state index in [1.54, 1.807) is 16.9 Å². The summed E-state index contributed by atoms with van der Waals surface area (Å²) >= 11 is 0. The molecule has 1 amide bonds. The Morgan fingerprint density at radius 2 is 2.41 bits per heavy atom.